The van der Waals surface area contributed by atoms with E-state index < -0.39 is 35.8 Å². The third-order valence-electron chi connectivity index (χ3n) is 11.5. The molecule has 3 aliphatic heterocycles. The largest absolute Gasteiger partial charge is 0.392 e. The molecule has 0 saturated carbocycles. The van der Waals surface area contributed by atoms with E-state index in [9.17, 15) is 53.1 Å². The van der Waals surface area contributed by atoms with E-state index in [4.69, 9.17) is 11.6 Å². The van der Waals surface area contributed by atoms with Gasteiger partial charge in [0.05, 0.1) is 39.7 Å². The molecule has 0 aliphatic carbocycles. The molecule has 3 fully saturated rings. The number of nitrogens with zero attached hydrogens (tertiary/aromatic N) is 6. The molecule has 6 heterocycles. The fraction of sp³-hybridized carbons (Fsp3) is 0.333. The van der Waals surface area contributed by atoms with Gasteiger partial charge in [-0.15, -0.1) is 11.6 Å². The third-order valence-corrected chi connectivity index (χ3v) is 11.8. The number of fused-ring (bicyclic) bond motifs is 3. The molecule has 21 heteroatoms. The van der Waals surface area contributed by atoms with Crippen LogP contribution in [0.4, 0.5) is 0 Å². The number of piperidine rings is 3. The van der Waals surface area contributed by atoms with E-state index >= 15 is 0 Å². The monoisotopic (exact) mass is 883 g/mol. The molecule has 6 amide bonds. The van der Waals surface area contributed by atoms with Crippen molar-refractivity contribution in [3.63, 3.8) is 0 Å². The molecule has 3 atom stereocenters. The lowest BCUT2D eigenvalue weighted by molar-refractivity contribution is -0.137. The Labute approximate surface area is 360 Å². The van der Waals surface area contributed by atoms with Crippen LogP contribution < -0.4 is 33.0 Å². The number of aryl methyl sites for hydroxylation is 3. The van der Waals surface area contributed by atoms with Gasteiger partial charge in [0, 0.05) is 57.4 Å². The number of rotatable bonds is 6. The smallest absolute Gasteiger partial charge is 0.329 e. The number of para-hydroxylation sites is 3. The molecule has 3 aromatic heterocycles. The average molecular weight is 884 g/mol. The summed E-state index contributed by atoms with van der Waals surface area (Å²) in [5.41, 5.74) is 4.43. The molecule has 3 unspecified atom stereocenters. The van der Waals surface area contributed by atoms with Crippen LogP contribution in [0.5, 0.6) is 0 Å². The standard InChI is InChI=1S/C14H14ClN3O3.C14H15N3O4.C14H13N3O4/c1-17-12-8(7-15)3-2-4-9(12)18(14(17)21)10-5-6-11(19)16-13(10)20;2*1-16-12-8(7-18)3-2-4-9(12)17(14(16)21)10-5-6-11(19)15-13(10)20/h2-4,10H,5-7H2,1H3,(H,16,19,20);2-4,10,18H,5-7H2,1H3,(H,15,19,20);2-4,7,10H,5-6H2,1H3,(H,15,19,20). The zero-order chi connectivity index (χ0) is 45.4. The number of halogens is 1. The normalized spacial score (nSPS) is 19.0. The minimum absolute atomic E-state index is 0.187. The number of aliphatic hydroxyl groups excluding tert-OH is 1. The van der Waals surface area contributed by atoms with Crippen LogP contribution in [0.3, 0.4) is 0 Å². The summed E-state index contributed by atoms with van der Waals surface area (Å²) in [6.45, 7) is -0.190. The van der Waals surface area contributed by atoms with Crippen LogP contribution in [0.1, 0.15) is 78.1 Å². The molecule has 0 radical (unpaired) electrons. The molecule has 3 aliphatic rings. The van der Waals surface area contributed by atoms with E-state index in [1.165, 1.54) is 27.4 Å². The van der Waals surface area contributed by atoms with E-state index in [0.29, 0.717) is 57.8 Å². The second-order valence-electron chi connectivity index (χ2n) is 15.2. The highest BCUT2D eigenvalue weighted by molar-refractivity contribution is 6.18. The topological polar surface area (TPSA) is 257 Å². The van der Waals surface area contributed by atoms with Crippen molar-refractivity contribution in [2.45, 2.75) is 69.1 Å². The predicted octanol–water partition coefficient (Wildman–Crippen LogP) is 0.997. The minimum Gasteiger partial charge on any atom is -0.392 e. The molecular weight excluding hydrogens is 842 g/mol. The number of aliphatic hydroxyl groups is 1. The zero-order valence-electron chi connectivity index (χ0n) is 34.3. The first kappa shape index (κ1) is 43.9. The summed E-state index contributed by atoms with van der Waals surface area (Å²) in [6, 6.07) is 13.5. The summed E-state index contributed by atoms with van der Waals surface area (Å²) in [4.78, 5) is 118. The molecule has 328 valence electrons. The molecule has 6 aromatic rings. The van der Waals surface area contributed by atoms with Gasteiger partial charge in [-0.2, -0.15) is 0 Å². The van der Waals surface area contributed by atoms with Gasteiger partial charge in [0.15, 0.2) is 6.29 Å². The van der Waals surface area contributed by atoms with Gasteiger partial charge in [-0.25, -0.2) is 14.4 Å². The number of carbonyl (C=O) groups excluding carboxylic acids is 7. The zero-order valence-corrected chi connectivity index (χ0v) is 35.0. The van der Waals surface area contributed by atoms with Gasteiger partial charge >= 0.3 is 17.1 Å². The summed E-state index contributed by atoms with van der Waals surface area (Å²) in [5, 5.41) is 16.2. The third kappa shape index (κ3) is 7.82. The van der Waals surface area contributed by atoms with Gasteiger partial charge in [-0.3, -0.25) is 76.9 Å². The number of carbonyl (C=O) groups is 7. The molecule has 0 spiro atoms. The lowest BCUT2D eigenvalue weighted by Crippen LogP contribution is -2.44. The quantitative estimate of drug-likeness (QED) is 0.104. The maximum atomic E-state index is 12.5. The number of hydrogen-bond acceptors (Lipinski definition) is 11. The molecule has 0 bridgehead atoms. The van der Waals surface area contributed by atoms with E-state index in [2.05, 4.69) is 16.0 Å². The van der Waals surface area contributed by atoms with E-state index in [1.807, 2.05) is 12.1 Å². The van der Waals surface area contributed by atoms with Crippen LogP contribution in [-0.4, -0.2) is 74.2 Å². The van der Waals surface area contributed by atoms with Gasteiger partial charge in [-0.1, -0.05) is 30.3 Å². The number of imide groups is 3. The highest BCUT2D eigenvalue weighted by Crippen LogP contribution is 2.28. The number of aldehydes is 1. The number of nitrogens with one attached hydrogen (secondary N) is 3. The SMILES string of the molecule is Cn1c(=O)n(C2CCC(=O)NC2=O)c2cccc(C=O)c21.Cn1c(=O)n(C2CCC(=O)NC2=O)c2cccc(CCl)c21.Cn1c(=O)n(C2CCC(=O)NC2=O)c2cccc(CO)c21. The average Bonchev–Trinajstić information content (AvgIpc) is 3.79. The van der Waals surface area contributed by atoms with Gasteiger partial charge in [0.25, 0.3) is 0 Å². The number of aromatic nitrogens is 6. The van der Waals surface area contributed by atoms with Crippen molar-refractivity contribution in [1.82, 2.24) is 43.4 Å². The van der Waals surface area contributed by atoms with Crippen molar-refractivity contribution >= 4 is 86.4 Å². The Hall–Kier alpha value is -7.19. The second-order valence-corrected chi connectivity index (χ2v) is 15.5. The number of amides is 6. The van der Waals surface area contributed by atoms with Crippen LogP contribution >= 0.6 is 11.6 Å². The van der Waals surface area contributed by atoms with Crippen LogP contribution in [0.2, 0.25) is 0 Å². The van der Waals surface area contributed by atoms with Crippen molar-refractivity contribution in [2.24, 2.45) is 21.1 Å². The number of imidazole rings is 3. The van der Waals surface area contributed by atoms with Crippen molar-refractivity contribution in [3.05, 3.63) is 103 Å². The Morgan fingerprint density at radius 1 is 0.556 bits per heavy atom. The van der Waals surface area contributed by atoms with Crippen molar-refractivity contribution in [1.29, 1.82) is 0 Å². The van der Waals surface area contributed by atoms with E-state index in [0.717, 1.165) is 11.1 Å². The van der Waals surface area contributed by atoms with Crippen LogP contribution in [-0.2, 0) is 62.4 Å². The first-order valence-electron chi connectivity index (χ1n) is 19.8. The first-order valence-corrected chi connectivity index (χ1v) is 20.4. The summed E-state index contributed by atoms with van der Waals surface area (Å²) in [7, 11) is 4.81. The Morgan fingerprint density at radius 3 is 1.27 bits per heavy atom. The number of benzene rings is 3. The predicted molar refractivity (Wildman–Crippen MR) is 227 cm³/mol. The van der Waals surface area contributed by atoms with Crippen molar-refractivity contribution < 1.29 is 38.7 Å². The summed E-state index contributed by atoms with van der Waals surface area (Å²) < 4.78 is 8.47. The van der Waals surface area contributed by atoms with Gasteiger partial charge in [0.1, 0.15) is 18.1 Å². The van der Waals surface area contributed by atoms with Gasteiger partial charge in [0.2, 0.25) is 35.4 Å². The van der Waals surface area contributed by atoms with Gasteiger partial charge in [-0.05, 0) is 49.1 Å². The Kier molecular flexibility index (Phi) is 12.3. The molecule has 3 saturated heterocycles. The summed E-state index contributed by atoms with van der Waals surface area (Å²) in [6.07, 6.45) is 2.20. The molecule has 4 N–H and O–H groups in total. The van der Waals surface area contributed by atoms with Crippen molar-refractivity contribution in [3.8, 4) is 0 Å². The lowest BCUT2D eigenvalue weighted by Gasteiger charge is -2.21. The van der Waals surface area contributed by atoms with E-state index in [1.54, 1.807) is 63.6 Å². The van der Waals surface area contributed by atoms with Crippen LogP contribution in [0.25, 0.3) is 33.1 Å². The Bertz CT molecular complexity index is 2960. The highest BCUT2D eigenvalue weighted by Gasteiger charge is 2.34. The molecule has 20 nitrogen and oxygen atoms in total. The Morgan fingerprint density at radius 2 is 0.905 bits per heavy atom. The van der Waals surface area contributed by atoms with Crippen LogP contribution in [0.15, 0.2) is 69.0 Å². The fourth-order valence-corrected chi connectivity index (χ4v) is 8.74. The maximum Gasteiger partial charge on any atom is 0.329 e. The summed E-state index contributed by atoms with van der Waals surface area (Å²) >= 11 is 5.92. The minimum atomic E-state index is -0.735. The number of alkyl halides is 1. The Balaban J connectivity index is 0.000000142. The molecular formula is C42H42ClN9O11. The highest BCUT2D eigenvalue weighted by atomic mass is 35.5. The fourth-order valence-electron chi connectivity index (χ4n) is 8.53. The lowest BCUT2D eigenvalue weighted by atomic mass is 10.1. The second kappa shape index (κ2) is 17.7. The van der Waals surface area contributed by atoms with Gasteiger partial charge < -0.3 is 5.11 Å². The molecule has 63 heavy (non-hydrogen) atoms. The van der Waals surface area contributed by atoms with Crippen LogP contribution in [0, 0.1) is 0 Å². The van der Waals surface area contributed by atoms with E-state index in [-0.39, 0.29) is 73.0 Å². The summed E-state index contributed by atoms with van der Waals surface area (Å²) in [5.74, 6) is -2.06. The molecule has 3 aromatic carbocycles. The molecule has 9 rings (SSSR count). The maximum absolute atomic E-state index is 12.5. The van der Waals surface area contributed by atoms with Crippen molar-refractivity contribution in [2.75, 3.05) is 0 Å². The number of hydrogen-bond donors (Lipinski definition) is 4. The first-order chi connectivity index (χ1) is 30.1.